The van der Waals surface area contributed by atoms with Crippen LogP contribution in [0.25, 0.3) is 0 Å². The van der Waals surface area contributed by atoms with Gasteiger partial charge < -0.3 is 19.9 Å². The van der Waals surface area contributed by atoms with Gasteiger partial charge in [0.1, 0.15) is 0 Å². The number of rotatable bonds is 2. The minimum Gasteiger partial charge on any atom is -0.379 e. The van der Waals surface area contributed by atoms with E-state index in [9.17, 15) is 0 Å². The maximum absolute atomic E-state index is 5.73. The van der Waals surface area contributed by atoms with E-state index in [0.29, 0.717) is 6.61 Å². The maximum atomic E-state index is 5.73. The van der Waals surface area contributed by atoms with Crippen LogP contribution >= 0.6 is 0 Å². The molecule has 1 heterocycles. The Morgan fingerprint density at radius 3 is 2.55 bits per heavy atom. The average molecular weight is 161 g/mol. The van der Waals surface area contributed by atoms with Crippen LogP contribution in [0, 0.1) is 0 Å². The second kappa shape index (κ2) is 4.01. The van der Waals surface area contributed by atoms with Gasteiger partial charge in [-0.2, -0.15) is 0 Å². The Bertz CT molecular complexity index is 120. The highest BCUT2D eigenvalue weighted by Gasteiger charge is 2.28. The first-order valence-corrected chi connectivity index (χ1v) is 3.70. The van der Waals surface area contributed by atoms with E-state index in [0.717, 1.165) is 6.42 Å². The van der Waals surface area contributed by atoms with Gasteiger partial charge in [-0.25, -0.2) is 0 Å². The summed E-state index contributed by atoms with van der Waals surface area (Å²) in [7, 11) is 3.26. The summed E-state index contributed by atoms with van der Waals surface area (Å²) in [5.74, 6) is 0. The largest absolute Gasteiger partial charge is 0.379 e. The molecule has 1 aliphatic heterocycles. The fourth-order valence-electron chi connectivity index (χ4n) is 1.22. The number of hydrogen-bond acceptors (Lipinski definition) is 4. The molecule has 1 rings (SSSR count). The molecule has 3 unspecified atom stereocenters. The summed E-state index contributed by atoms with van der Waals surface area (Å²) in [6.45, 7) is 0.572. The molecule has 0 radical (unpaired) electrons. The number of methoxy groups -OCH3 is 2. The molecular formula is C7H15NO3. The first-order chi connectivity index (χ1) is 5.27. The maximum Gasteiger partial charge on any atom is 0.172 e. The third-order valence-electron chi connectivity index (χ3n) is 1.90. The van der Waals surface area contributed by atoms with Gasteiger partial charge in [-0.05, 0) is 6.42 Å². The van der Waals surface area contributed by atoms with Crippen LogP contribution in [0.2, 0.25) is 0 Å². The van der Waals surface area contributed by atoms with Crippen molar-refractivity contribution in [3.63, 3.8) is 0 Å². The summed E-state index contributed by atoms with van der Waals surface area (Å²) in [5.41, 5.74) is 5.73. The van der Waals surface area contributed by atoms with Crippen LogP contribution in [0.4, 0.5) is 0 Å². The molecule has 0 aliphatic carbocycles. The summed E-state index contributed by atoms with van der Waals surface area (Å²) in [6, 6.07) is -0.0706. The van der Waals surface area contributed by atoms with Crippen molar-refractivity contribution in [2.75, 3.05) is 20.8 Å². The molecule has 1 aliphatic rings. The van der Waals surface area contributed by atoms with Crippen LogP contribution in [0.5, 0.6) is 0 Å². The first kappa shape index (κ1) is 8.93. The average Bonchev–Trinajstić information content (AvgIpc) is 2.04. The zero-order valence-corrected chi connectivity index (χ0v) is 6.95. The number of hydrogen-bond donors (Lipinski definition) is 1. The lowest BCUT2D eigenvalue weighted by atomic mass is 10.1. The quantitative estimate of drug-likeness (QED) is 0.605. The molecular weight excluding hydrogens is 146 g/mol. The highest BCUT2D eigenvalue weighted by molar-refractivity contribution is 4.76. The molecule has 1 fully saturated rings. The predicted molar refractivity (Wildman–Crippen MR) is 40.1 cm³/mol. The Labute approximate surface area is 66.6 Å². The van der Waals surface area contributed by atoms with E-state index in [1.165, 1.54) is 0 Å². The molecule has 3 atom stereocenters. The molecule has 0 aromatic heterocycles. The van der Waals surface area contributed by atoms with Crippen molar-refractivity contribution in [3.8, 4) is 0 Å². The number of ether oxygens (including phenoxy) is 3. The van der Waals surface area contributed by atoms with Crippen LogP contribution in [0.15, 0.2) is 0 Å². The van der Waals surface area contributed by atoms with Crippen molar-refractivity contribution in [2.24, 2.45) is 5.73 Å². The van der Waals surface area contributed by atoms with Crippen molar-refractivity contribution in [1.29, 1.82) is 0 Å². The van der Waals surface area contributed by atoms with Crippen LogP contribution in [0.1, 0.15) is 6.42 Å². The van der Waals surface area contributed by atoms with Crippen molar-refractivity contribution in [1.82, 2.24) is 0 Å². The monoisotopic (exact) mass is 161 g/mol. The molecule has 4 nitrogen and oxygen atoms in total. The van der Waals surface area contributed by atoms with Gasteiger partial charge in [-0.3, -0.25) is 0 Å². The molecule has 1 saturated heterocycles. The summed E-state index contributed by atoms with van der Waals surface area (Å²) in [6.07, 6.45) is 0.660. The Morgan fingerprint density at radius 2 is 2.09 bits per heavy atom. The van der Waals surface area contributed by atoms with E-state index in [1.807, 2.05) is 0 Å². The fourth-order valence-corrected chi connectivity index (χ4v) is 1.22. The Hall–Kier alpha value is -0.160. The smallest absolute Gasteiger partial charge is 0.172 e. The SMILES string of the molecule is COC1COC(OC)C(N)C1. The molecule has 0 saturated carbocycles. The van der Waals surface area contributed by atoms with E-state index in [1.54, 1.807) is 14.2 Å². The van der Waals surface area contributed by atoms with E-state index in [2.05, 4.69) is 0 Å². The third kappa shape index (κ3) is 2.13. The molecule has 0 amide bonds. The highest BCUT2D eigenvalue weighted by Crippen LogP contribution is 2.14. The van der Waals surface area contributed by atoms with Gasteiger partial charge in [0.15, 0.2) is 6.29 Å². The zero-order valence-electron chi connectivity index (χ0n) is 6.95. The molecule has 4 heteroatoms. The Kier molecular flexibility index (Phi) is 3.26. The standard InChI is InChI=1S/C7H15NO3/c1-9-5-3-6(8)7(10-2)11-4-5/h5-7H,3-4,8H2,1-2H3. The molecule has 0 spiro atoms. The van der Waals surface area contributed by atoms with Crippen molar-refractivity contribution in [3.05, 3.63) is 0 Å². The van der Waals surface area contributed by atoms with E-state index >= 15 is 0 Å². The van der Waals surface area contributed by atoms with Gasteiger partial charge in [0.2, 0.25) is 0 Å². The van der Waals surface area contributed by atoms with E-state index < -0.39 is 0 Å². The van der Waals surface area contributed by atoms with E-state index in [-0.39, 0.29) is 18.4 Å². The minimum absolute atomic E-state index is 0.0706. The second-order valence-corrected chi connectivity index (χ2v) is 2.69. The van der Waals surface area contributed by atoms with E-state index in [4.69, 9.17) is 19.9 Å². The summed E-state index contributed by atoms with van der Waals surface area (Å²) in [4.78, 5) is 0. The van der Waals surface area contributed by atoms with Gasteiger partial charge in [0.05, 0.1) is 18.8 Å². The number of nitrogens with two attached hydrogens (primary N) is 1. The summed E-state index contributed by atoms with van der Waals surface area (Å²) in [5, 5.41) is 0. The summed E-state index contributed by atoms with van der Waals surface area (Å²) >= 11 is 0. The summed E-state index contributed by atoms with van der Waals surface area (Å²) < 4.78 is 15.4. The normalized spacial score (nSPS) is 39.0. The molecule has 0 aromatic rings. The van der Waals surface area contributed by atoms with Gasteiger partial charge in [0.25, 0.3) is 0 Å². The lowest BCUT2D eigenvalue weighted by molar-refractivity contribution is -0.187. The van der Waals surface area contributed by atoms with Crippen LogP contribution in [-0.2, 0) is 14.2 Å². The van der Waals surface area contributed by atoms with Gasteiger partial charge >= 0.3 is 0 Å². The van der Waals surface area contributed by atoms with Gasteiger partial charge in [0, 0.05) is 14.2 Å². The van der Waals surface area contributed by atoms with Crippen molar-refractivity contribution >= 4 is 0 Å². The van der Waals surface area contributed by atoms with Crippen molar-refractivity contribution in [2.45, 2.75) is 24.9 Å². The first-order valence-electron chi connectivity index (χ1n) is 3.70. The second-order valence-electron chi connectivity index (χ2n) is 2.69. The lowest BCUT2D eigenvalue weighted by Gasteiger charge is -2.32. The molecule has 2 N–H and O–H groups in total. The highest BCUT2D eigenvalue weighted by atomic mass is 16.7. The predicted octanol–water partition coefficient (Wildman–Crippen LogP) is -0.278. The molecule has 11 heavy (non-hydrogen) atoms. The third-order valence-corrected chi connectivity index (χ3v) is 1.90. The molecule has 66 valence electrons. The zero-order chi connectivity index (χ0) is 8.27. The molecule has 0 bridgehead atoms. The van der Waals surface area contributed by atoms with Crippen LogP contribution in [-0.4, -0.2) is 39.3 Å². The van der Waals surface area contributed by atoms with Crippen LogP contribution in [0.3, 0.4) is 0 Å². The molecule has 0 aromatic carbocycles. The van der Waals surface area contributed by atoms with Gasteiger partial charge in [-0.1, -0.05) is 0 Å². The van der Waals surface area contributed by atoms with Gasteiger partial charge in [-0.15, -0.1) is 0 Å². The van der Waals surface area contributed by atoms with Crippen LogP contribution < -0.4 is 5.73 Å². The lowest BCUT2D eigenvalue weighted by Crippen LogP contribution is -2.47. The van der Waals surface area contributed by atoms with Crippen molar-refractivity contribution < 1.29 is 14.2 Å². The Balaban J connectivity index is 2.34. The topological polar surface area (TPSA) is 53.7 Å². The fraction of sp³-hybridized carbons (Fsp3) is 1.00. The Morgan fingerprint density at radius 1 is 1.36 bits per heavy atom. The minimum atomic E-state index is -0.263.